The minimum absolute atomic E-state index is 0.166. The van der Waals surface area contributed by atoms with E-state index in [2.05, 4.69) is 91.5 Å². The van der Waals surface area contributed by atoms with Gasteiger partial charge in [0.1, 0.15) is 0 Å². The molecule has 2 aliphatic heterocycles. The first kappa shape index (κ1) is 24.1. The van der Waals surface area contributed by atoms with Crippen LogP contribution in [0.25, 0.3) is 5.69 Å². The quantitative estimate of drug-likeness (QED) is 0.216. The van der Waals surface area contributed by atoms with Gasteiger partial charge in [-0.1, -0.05) is 74.3 Å². The van der Waals surface area contributed by atoms with Crippen LogP contribution >= 0.6 is 31.9 Å². The van der Waals surface area contributed by atoms with Crippen LogP contribution in [0.1, 0.15) is 22.9 Å². The van der Waals surface area contributed by atoms with E-state index in [-0.39, 0.29) is 6.04 Å². The van der Waals surface area contributed by atoms with E-state index in [1.54, 1.807) is 0 Å². The maximum atomic E-state index is 5.29. The van der Waals surface area contributed by atoms with Crippen molar-refractivity contribution in [2.24, 2.45) is 9.98 Å². The fraction of sp³-hybridized carbons (Fsp3) is 0.0645. The molecule has 3 heterocycles. The van der Waals surface area contributed by atoms with Crippen LogP contribution in [0.2, 0.25) is 0 Å². The van der Waals surface area contributed by atoms with Crippen molar-refractivity contribution < 1.29 is 0 Å². The smallest absolute Gasteiger partial charge is 0.179 e. The molecule has 8 heteroatoms. The summed E-state index contributed by atoms with van der Waals surface area (Å²) >= 11 is 7.24. The lowest BCUT2D eigenvalue weighted by Gasteiger charge is -2.40. The number of anilines is 2. The molecule has 0 spiro atoms. The summed E-state index contributed by atoms with van der Waals surface area (Å²) in [7, 11) is 0. The fourth-order valence-corrected chi connectivity index (χ4v) is 5.89. The minimum atomic E-state index is -0.166. The number of halogens is 2. The van der Waals surface area contributed by atoms with Gasteiger partial charge in [0.15, 0.2) is 17.5 Å². The predicted molar refractivity (Wildman–Crippen MR) is 165 cm³/mol. The second kappa shape index (κ2) is 9.63. The topological polar surface area (TPSA) is 57.8 Å². The number of fused-ring (bicyclic) bond motifs is 4. The highest BCUT2D eigenvalue weighted by Gasteiger charge is 2.41. The molecule has 0 amide bonds. The van der Waals surface area contributed by atoms with Crippen LogP contribution in [0.4, 0.5) is 22.9 Å². The standard InChI is InChI=1S/C31H22Br2N6/c1-19-27-28(20-8-7-9-22(33)18-20)38-26-13-6-5-12-25(26)35-29(34-23-16-14-21(32)15-17-23)31(38)36-30(27)39(37-19)24-10-3-2-4-11-24/h2-18,28H,1H3,(H,34,35). The van der Waals surface area contributed by atoms with Crippen molar-refractivity contribution in [1.82, 2.24) is 9.78 Å². The normalized spacial score (nSPS) is 15.6. The molecule has 0 bridgehead atoms. The Kier molecular flexibility index (Phi) is 5.94. The van der Waals surface area contributed by atoms with Crippen molar-refractivity contribution in [2.45, 2.75) is 13.0 Å². The van der Waals surface area contributed by atoms with Crippen LogP contribution in [-0.4, -0.2) is 21.5 Å². The van der Waals surface area contributed by atoms with Crippen molar-refractivity contribution in [2.75, 3.05) is 10.2 Å². The molecule has 1 N–H and O–H groups in total. The second-order valence-corrected chi connectivity index (χ2v) is 11.2. The van der Waals surface area contributed by atoms with E-state index in [1.165, 1.54) is 0 Å². The van der Waals surface area contributed by atoms with Crippen molar-refractivity contribution in [1.29, 1.82) is 0 Å². The van der Waals surface area contributed by atoms with Crippen LogP contribution < -0.4 is 10.2 Å². The third-order valence-corrected chi connectivity index (χ3v) is 7.93. The van der Waals surface area contributed by atoms with Gasteiger partial charge in [-0.05, 0) is 73.2 Å². The summed E-state index contributed by atoms with van der Waals surface area (Å²) in [6, 6.07) is 34.7. The Hall–Kier alpha value is -4.01. The molecule has 7 rings (SSSR count). The van der Waals surface area contributed by atoms with Crippen LogP contribution in [0.5, 0.6) is 0 Å². The van der Waals surface area contributed by atoms with Crippen molar-refractivity contribution in [3.8, 4) is 5.69 Å². The van der Waals surface area contributed by atoms with E-state index < -0.39 is 0 Å². The number of nitrogens with zero attached hydrogens (tertiary/aromatic N) is 5. The number of aliphatic imine (C=N–C) groups is 2. The molecule has 1 unspecified atom stereocenters. The monoisotopic (exact) mass is 636 g/mol. The first-order valence-corrected chi connectivity index (χ1v) is 14.1. The van der Waals surface area contributed by atoms with Gasteiger partial charge in [0.05, 0.1) is 28.8 Å². The van der Waals surface area contributed by atoms with E-state index in [0.29, 0.717) is 5.84 Å². The summed E-state index contributed by atoms with van der Waals surface area (Å²) in [6.45, 7) is 2.06. The third kappa shape index (κ3) is 4.20. The molecule has 0 fully saturated rings. The van der Waals surface area contributed by atoms with E-state index in [1.807, 2.05) is 65.3 Å². The fourth-order valence-electron chi connectivity index (χ4n) is 5.21. The molecule has 4 aromatic carbocycles. The van der Waals surface area contributed by atoms with E-state index in [0.717, 1.165) is 60.2 Å². The number of aryl methyl sites for hydroxylation is 1. The summed E-state index contributed by atoms with van der Waals surface area (Å²) in [5, 5.41) is 8.55. The number of amidine groups is 2. The van der Waals surface area contributed by atoms with Gasteiger partial charge < -0.3 is 10.2 Å². The van der Waals surface area contributed by atoms with Gasteiger partial charge >= 0.3 is 0 Å². The molecule has 1 aromatic heterocycles. The first-order chi connectivity index (χ1) is 19.1. The average molecular weight is 638 g/mol. The molecule has 2 aliphatic rings. The van der Waals surface area contributed by atoms with Gasteiger partial charge in [-0.25, -0.2) is 14.7 Å². The van der Waals surface area contributed by atoms with Gasteiger partial charge in [0.25, 0.3) is 0 Å². The Labute approximate surface area is 243 Å². The summed E-state index contributed by atoms with van der Waals surface area (Å²) in [4.78, 5) is 12.6. The molecular formula is C31H22Br2N6. The second-order valence-electron chi connectivity index (χ2n) is 9.41. The average Bonchev–Trinajstić information content (AvgIpc) is 3.29. The molecule has 1 atom stereocenters. The number of nitrogens with one attached hydrogen (secondary N) is 1. The Bertz CT molecular complexity index is 1770. The molecule has 0 radical (unpaired) electrons. The Morgan fingerprint density at radius 2 is 1.54 bits per heavy atom. The summed E-state index contributed by atoms with van der Waals surface area (Å²) < 4.78 is 3.98. The van der Waals surface area contributed by atoms with Gasteiger partial charge in [-0.2, -0.15) is 5.10 Å². The maximum absolute atomic E-state index is 5.29. The number of rotatable bonds is 3. The SMILES string of the molecule is Cc1nn(-c2ccccc2)c2c1C(c1cccc(Br)c1)N1C(=N2)C(Nc2ccc(Br)cc2)=Nc2ccccc21. The lowest BCUT2D eigenvalue weighted by Crippen LogP contribution is -2.46. The zero-order valence-electron chi connectivity index (χ0n) is 20.9. The molecule has 6 nitrogen and oxygen atoms in total. The maximum Gasteiger partial charge on any atom is 0.179 e. The number of aromatic nitrogens is 2. The van der Waals surface area contributed by atoms with Gasteiger partial charge in [0, 0.05) is 20.2 Å². The molecule has 39 heavy (non-hydrogen) atoms. The molecule has 0 saturated carbocycles. The lowest BCUT2D eigenvalue weighted by atomic mass is 9.93. The Morgan fingerprint density at radius 1 is 0.769 bits per heavy atom. The minimum Gasteiger partial charge on any atom is -0.337 e. The Morgan fingerprint density at radius 3 is 2.33 bits per heavy atom. The number of benzene rings is 4. The van der Waals surface area contributed by atoms with Crippen LogP contribution in [-0.2, 0) is 0 Å². The van der Waals surface area contributed by atoms with Crippen molar-refractivity contribution in [3.63, 3.8) is 0 Å². The highest BCUT2D eigenvalue weighted by atomic mass is 79.9. The summed E-state index contributed by atoms with van der Waals surface area (Å²) in [5.41, 5.74) is 6.91. The highest BCUT2D eigenvalue weighted by Crippen LogP contribution is 2.48. The van der Waals surface area contributed by atoms with Crippen LogP contribution in [0, 0.1) is 6.92 Å². The number of para-hydroxylation sites is 3. The van der Waals surface area contributed by atoms with E-state index >= 15 is 0 Å². The van der Waals surface area contributed by atoms with Gasteiger partial charge in [-0.15, -0.1) is 0 Å². The van der Waals surface area contributed by atoms with Crippen LogP contribution in [0.3, 0.4) is 0 Å². The predicted octanol–water partition coefficient (Wildman–Crippen LogP) is 8.50. The van der Waals surface area contributed by atoms with Gasteiger partial charge in [-0.3, -0.25) is 0 Å². The van der Waals surface area contributed by atoms with Crippen molar-refractivity contribution >= 4 is 66.4 Å². The third-order valence-electron chi connectivity index (χ3n) is 6.91. The summed E-state index contributed by atoms with van der Waals surface area (Å²) in [6.07, 6.45) is 0. The molecule has 190 valence electrons. The zero-order valence-corrected chi connectivity index (χ0v) is 24.1. The van der Waals surface area contributed by atoms with Gasteiger partial charge in [0.2, 0.25) is 0 Å². The Balaban J connectivity index is 1.50. The number of hydrogen-bond acceptors (Lipinski definition) is 5. The lowest BCUT2D eigenvalue weighted by molar-refractivity contribution is 0.815. The van der Waals surface area contributed by atoms with Crippen LogP contribution in [0.15, 0.2) is 122 Å². The highest BCUT2D eigenvalue weighted by molar-refractivity contribution is 9.10. The molecule has 0 saturated heterocycles. The molecular weight excluding hydrogens is 616 g/mol. The number of hydrogen-bond donors (Lipinski definition) is 1. The van der Waals surface area contributed by atoms with Crippen molar-refractivity contribution in [3.05, 3.63) is 129 Å². The first-order valence-electron chi connectivity index (χ1n) is 12.6. The molecule has 5 aromatic rings. The summed E-state index contributed by atoms with van der Waals surface area (Å²) in [5.74, 6) is 2.23. The molecule has 0 aliphatic carbocycles. The zero-order chi connectivity index (χ0) is 26.5. The van der Waals surface area contributed by atoms with E-state index in [9.17, 15) is 0 Å². The van der Waals surface area contributed by atoms with E-state index in [4.69, 9.17) is 15.1 Å². The largest absolute Gasteiger partial charge is 0.337 e.